The van der Waals surface area contributed by atoms with Crippen LogP contribution in [-0.4, -0.2) is 37.0 Å². The number of amides is 1. The molecular formula is C10H12ClN3O6S. The monoisotopic (exact) mass is 337 g/mol. The van der Waals surface area contributed by atoms with Gasteiger partial charge < -0.3 is 10.8 Å². The first-order chi connectivity index (χ1) is 9.56. The molecule has 1 atom stereocenters. The summed E-state index contributed by atoms with van der Waals surface area (Å²) in [6.07, 6.45) is -1.71. The molecule has 9 nitrogen and oxygen atoms in total. The normalized spacial score (nSPS) is 12.9. The number of primary amides is 1. The van der Waals surface area contributed by atoms with E-state index in [-0.39, 0.29) is 10.6 Å². The summed E-state index contributed by atoms with van der Waals surface area (Å²) in [6, 6.07) is 1.86. The number of halogens is 1. The van der Waals surface area contributed by atoms with Crippen LogP contribution in [0.4, 0.5) is 5.69 Å². The standard InChI is InChI=1S/C10H12ClN3O6S/c1-5-7(11)2-6(3-8(5)14(17)18)21(19,20)13-4-9(15)10(12)16/h2-3,9,13,15H,4H2,1H3,(H2,12,16). The molecular weight excluding hydrogens is 326 g/mol. The van der Waals surface area contributed by atoms with Crippen LogP contribution >= 0.6 is 11.6 Å². The number of hydrogen-bond donors (Lipinski definition) is 3. The smallest absolute Gasteiger partial charge is 0.275 e. The maximum absolute atomic E-state index is 11.9. The second-order valence-electron chi connectivity index (χ2n) is 4.08. The van der Waals surface area contributed by atoms with Crippen LogP contribution in [0, 0.1) is 17.0 Å². The zero-order valence-electron chi connectivity index (χ0n) is 10.7. The Bertz CT molecular complexity index is 690. The van der Waals surface area contributed by atoms with E-state index in [1.54, 1.807) is 0 Å². The highest BCUT2D eigenvalue weighted by Crippen LogP contribution is 2.29. The van der Waals surface area contributed by atoms with E-state index in [2.05, 4.69) is 0 Å². The minimum absolute atomic E-state index is 0.0972. The lowest BCUT2D eigenvalue weighted by Crippen LogP contribution is -2.39. The molecule has 0 heterocycles. The van der Waals surface area contributed by atoms with Gasteiger partial charge >= 0.3 is 0 Å². The molecule has 21 heavy (non-hydrogen) atoms. The van der Waals surface area contributed by atoms with Crippen LogP contribution in [-0.2, 0) is 14.8 Å². The van der Waals surface area contributed by atoms with Gasteiger partial charge in [-0.05, 0) is 13.0 Å². The van der Waals surface area contributed by atoms with Gasteiger partial charge in [-0.15, -0.1) is 0 Å². The molecule has 116 valence electrons. The Hall–Kier alpha value is -1.75. The van der Waals surface area contributed by atoms with E-state index in [0.717, 1.165) is 12.1 Å². The molecule has 1 rings (SSSR count). The molecule has 1 aromatic carbocycles. The highest BCUT2D eigenvalue weighted by molar-refractivity contribution is 7.89. The predicted molar refractivity (Wildman–Crippen MR) is 73.2 cm³/mol. The lowest BCUT2D eigenvalue weighted by molar-refractivity contribution is -0.385. The third kappa shape index (κ3) is 4.11. The van der Waals surface area contributed by atoms with Crippen LogP contribution in [0.2, 0.25) is 5.02 Å². The first-order valence-corrected chi connectivity index (χ1v) is 7.34. The van der Waals surface area contributed by atoms with E-state index in [4.69, 9.17) is 22.4 Å². The summed E-state index contributed by atoms with van der Waals surface area (Å²) in [7, 11) is -4.19. The van der Waals surface area contributed by atoms with E-state index < -0.39 is 44.1 Å². The quantitative estimate of drug-likeness (QED) is 0.477. The van der Waals surface area contributed by atoms with Crippen molar-refractivity contribution in [2.75, 3.05) is 6.54 Å². The van der Waals surface area contributed by atoms with Gasteiger partial charge in [0.2, 0.25) is 15.9 Å². The lowest BCUT2D eigenvalue weighted by Gasteiger charge is -2.10. The summed E-state index contributed by atoms with van der Waals surface area (Å²) in [5, 5.41) is 19.9. The van der Waals surface area contributed by atoms with E-state index in [1.165, 1.54) is 6.92 Å². The lowest BCUT2D eigenvalue weighted by atomic mass is 10.2. The number of hydrogen-bond acceptors (Lipinski definition) is 6. The maximum atomic E-state index is 11.9. The number of nitrogens with one attached hydrogen (secondary N) is 1. The predicted octanol–water partition coefficient (Wildman–Crippen LogP) is -0.319. The number of carbonyl (C=O) groups is 1. The molecule has 0 aliphatic rings. The fraction of sp³-hybridized carbons (Fsp3) is 0.300. The fourth-order valence-electron chi connectivity index (χ4n) is 1.36. The topological polar surface area (TPSA) is 153 Å². The number of aliphatic hydroxyl groups excluding tert-OH is 1. The number of aliphatic hydroxyl groups is 1. The average Bonchev–Trinajstić information content (AvgIpc) is 2.38. The first kappa shape index (κ1) is 17.3. The summed E-state index contributed by atoms with van der Waals surface area (Å²) in [5.41, 5.74) is 4.44. The number of nitro benzene ring substituents is 1. The molecule has 0 bridgehead atoms. The maximum Gasteiger partial charge on any atom is 0.275 e. The van der Waals surface area contributed by atoms with Gasteiger partial charge in [0, 0.05) is 18.2 Å². The van der Waals surface area contributed by atoms with Crippen LogP contribution in [0.25, 0.3) is 0 Å². The number of benzene rings is 1. The van der Waals surface area contributed by atoms with Crippen molar-refractivity contribution in [3.05, 3.63) is 32.8 Å². The van der Waals surface area contributed by atoms with Crippen molar-refractivity contribution in [1.29, 1.82) is 0 Å². The molecule has 11 heteroatoms. The largest absolute Gasteiger partial charge is 0.382 e. The Kier molecular flexibility index (Phi) is 5.23. The Morgan fingerprint density at radius 3 is 2.62 bits per heavy atom. The Labute approximate surface area is 124 Å². The summed E-state index contributed by atoms with van der Waals surface area (Å²) < 4.78 is 25.8. The molecule has 0 spiro atoms. The summed E-state index contributed by atoms with van der Waals surface area (Å²) in [4.78, 5) is 20.2. The fourth-order valence-corrected chi connectivity index (χ4v) is 2.72. The highest BCUT2D eigenvalue weighted by atomic mass is 35.5. The van der Waals surface area contributed by atoms with Gasteiger partial charge in [0.1, 0.15) is 6.10 Å². The third-order valence-corrected chi connectivity index (χ3v) is 4.39. The second-order valence-corrected chi connectivity index (χ2v) is 6.25. The van der Waals surface area contributed by atoms with Crippen molar-refractivity contribution in [2.45, 2.75) is 17.9 Å². The number of nitrogens with two attached hydrogens (primary N) is 1. The molecule has 1 aromatic rings. The van der Waals surface area contributed by atoms with Crippen LogP contribution in [0.3, 0.4) is 0 Å². The van der Waals surface area contributed by atoms with Gasteiger partial charge in [0.05, 0.1) is 14.8 Å². The summed E-state index contributed by atoms with van der Waals surface area (Å²) >= 11 is 5.76. The summed E-state index contributed by atoms with van der Waals surface area (Å²) in [5.74, 6) is -1.11. The third-order valence-electron chi connectivity index (χ3n) is 2.59. The Balaban J connectivity index is 3.15. The highest BCUT2D eigenvalue weighted by Gasteiger charge is 2.23. The van der Waals surface area contributed by atoms with Crippen molar-refractivity contribution in [3.8, 4) is 0 Å². The molecule has 0 aromatic heterocycles. The number of rotatable bonds is 6. The number of sulfonamides is 1. The molecule has 4 N–H and O–H groups in total. The molecule has 0 radical (unpaired) electrons. The van der Waals surface area contributed by atoms with Crippen LogP contribution in [0.1, 0.15) is 5.56 Å². The zero-order chi connectivity index (χ0) is 16.4. The second kappa shape index (κ2) is 6.35. The van der Waals surface area contributed by atoms with Gasteiger partial charge in [-0.1, -0.05) is 11.6 Å². The molecule has 1 amide bonds. The Morgan fingerprint density at radius 2 is 2.14 bits per heavy atom. The van der Waals surface area contributed by atoms with Crippen molar-refractivity contribution in [3.63, 3.8) is 0 Å². The van der Waals surface area contributed by atoms with Gasteiger partial charge in [0.25, 0.3) is 5.69 Å². The number of nitro groups is 1. The molecule has 1 unspecified atom stereocenters. The first-order valence-electron chi connectivity index (χ1n) is 5.48. The van der Waals surface area contributed by atoms with Gasteiger partial charge in [-0.25, -0.2) is 13.1 Å². The molecule has 0 saturated carbocycles. The SMILES string of the molecule is Cc1c(Cl)cc(S(=O)(=O)NCC(O)C(N)=O)cc1[N+](=O)[O-]. The van der Waals surface area contributed by atoms with Gasteiger partial charge in [-0.3, -0.25) is 14.9 Å². The van der Waals surface area contributed by atoms with Crippen LogP contribution in [0.5, 0.6) is 0 Å². The van der Waals surface area contributed by atoms with Gasteiger partial charge in [0.15, 0.2) is 0 Å². The van der Waals surface area contributed by atoms with Crippen molar-refractivity contribution in [1.82, 2.24) is 4.72 Å². The van der Waals surface area contributed by atoms with Crippen molar-refractivity contribution in [2.24, 2.45) is 5.73 Å². The number of nitrogens with zero attached hydrogens (tertiary/aromatic N) is 1. The molecule has 0 fully saturated rings. The van der Waals surface area contributed by atoms with E-state index in [1.807, 2.05) is 4.72 Å². The van der Waals surface area contributed by atoms with Gasteiger partial charge in [-0.2, -0.15) is 0 Å². The molecule has 0 saturated heterocycles. The minimum atomic E-state index is -4.19. The van der Waals surface area contributed by atoms with Crippen LogP contribution < -0.4 is 10.5 Å². The van der Waals surface area contributed by atoms with E-state index in [0.29, 0.717) is 0 Å². The van der Waals surface area contributed by atoms with E-state index >= 15 is 0 Å². The number of carbonyl (C=O) groups excluding carboxylic acids is 1. The Morgan fingerprint density at radius 1 is 1.57 bits per heavy atom. The molecule has 0 aliphatic heterocycles. The van der Waals surface area contributed by atoms with E-state index in [9.17, 15) is 23.3 Å². The van der Waals surface area contributed by atoms with Crippen LogP contribution in [0.15, 0.2) is 17.0 Å². The zero-order valence-corrected chi connectivity index (χ0v) is 12.3. The minimum Gasteiger partial charge on any atom is -0.382 e. The van der Waals surface area contributed by atoms with Crippen molar-refractivity contribution >= 4 is 33.2 Å². The van der Waals surface area contributed by atoms with Crippen molar-refractivity contribution < 1.29 is 23.2 Å². The average molecular weight is 338 g/mol. The molecule has 0 aliphatic carbocycles. The summed E-state index contributed by atoms with van der Waals surface area (Å²) in [6.45, 7) is 0.720.